The molecule has 0 spiro atoms. The van der Waals surface area contributed by atoms with Gasteiger partial charge in [-0.15, -0.1) is 0 Å². The summed E-state index contributed by atoms with van der Waals surface area (Å²) >= 11 is 0. The lowest BCUT2D eigenvalue weighted by Crippen LogP contribution is -2.60. The van der Waals surface area contributed by atoms with Gasteiger partial charge in [-0.3, -0.25) is 19.2 Å². The van der Waals surface area contributed by atoms with Gasteiger partial charge >= 0.3 is 12.1 Å². The molecule has 1 heterocycles. The largest absolute Gasteiger partial charge is 0.444 e. The van der Waals surface area contributed by atoms with Crippen LogP contribution in [0.1, 0.15) is 64.7 Å². The molecule has 3 fully saturated rings. The average molecular weight is 509 g/mol. The number of hydrogen-bond acceptors (Lipinski definition) is 7. The topological polar surface area (TPSA) is 217 Å². The van der Waals surface area contributed by atoms with Gasteiger partial charge in [0.2, 0.25) is 17.6 Å². The maximum absolute atomic E-state index is 13.8. The Morgan fingerprint density at radius 2 is 1.64 bits per heavy atom. The van der Waals surface area contributed by atoms with Crippen molar-refractivity contribution in [1.29, 1.82) is 0 Å². The summed E-state index contributed by atoms with van der Waals surface area (Å²) in [6, 6.07) is -4.13. The highest BCUT2D eigenvalue weighted by Crippen LogP contribution is 2.40. The molecule has 13 nitrogen and oxygen atoms in total. The van der Waals surface area contributed by atoms with Gasteiger partial charge in [0, 0.05) is 6.42 Å². The molecule has 36 heavy (non-hydrogen) atoms. The van der Waals surface area contributed by atoms with Gasteiger partial charge in [-0.25, -0.2) is 9.59 Å². The molecule has 8 N–H and O–H groups in total. The first-order chi connectivity index (χ1) is 16.9. The number of Topliss-reactive ketones (excluding diaryl/α,β-unsaturated/α-hetero) is 1. The minimum atomic E-state index is -1.16. The van der Waals surface area contributed by atoms with Crippen LogP contribution in [0.15, 0.2) is 0 Å². The molecule has 13 heteroatoms. The van der Waals surface area contributed by atoms with Crippen LogP contribution in [0.2, 0.25) is 0 Å². The third-order valence-electron chi connectivity index (χ3n) is 7.50. The summed E-state index contributed by atoms with van der Waals surface area (Å²) < 4.78 is 5.08. The Balaban J connectivity index is 1.85. The summed E-state index contributed by atoms with van der Waals surface area (Å²) in [4.78, 5) is 75.5. The van der Waals surface area contributed by atoms with Crippen LogP contribution in [-0.4, -0.2) is 71.3 Å². The minimum Gasteiger partial charge on any atom is -0.444 e. The van der Waals surface area contributed by atoms with Crippen molar-refractivity contribution in [2.45, 2.75) is 88.9 Å². The predicted octanol–water partition coefficient (Wildman–Crippen LogP) is -0.602. The van der Waals surface area contributed by atoms with E-state index < -0.39 is 65.3 Å². The number of ketones is 1. The summed E-state index contributed by atoms with van der Waals surface area (Å²) in [6.45, 7) is 1.76. The Labute approximate surface area is 209 Å². The van der Waals surface area contributed by atoms with Crippen molar-refractivity contribution in [3.8, 4) is 0 Å². The van der Waals surface area contributed by atoms with Gasteiger partial charge < -0.3 is 37.5 Å². The van der Waals surface area contributed by atoms with Crippen molar-refractivity contribution < 1.29 is 33.5 Å². The quantitative estimate of drug-likeness (QED) is 0.241. The third kappa shape index (κ3) is 6.64. The zero-order valence-corrected chi connectivity index (χ0v) is 20.5. The number of likely N-dealkylation sites (tertiary alicyclic amines) is 1. The van der Waals surface area contributed by atoms with Gasteiger partial charge in [-0.05, 0) is 30.6 Å². The van der Waals surface area contributed by atoms with Gasteiger partial charge in [0.05, 0.1) is 12.6 Å². The fourth-order valence-corrected chi connectivity index (χ4v) is 5.39. The maximum atomic E-state index is 13.8. The lowest BCUT2D eigenvalue weighted by molar-refractivity contribution is -0.144. The Bertz CT molecular complexity index is 915. The molecule has 3 rings (SSSR count). The summed E-state index contributed by atoms with van der Waals surface area (Å²) in [5.41, 5.74) is 15.1. The van der Waals surface area contributed by atoms with Crippen molar-refractivity contribution in [2.24, 2.45) is 28.5 Å². The number of nitrogens with one attached hydrogen (secondary N) is 2. The molecule has 2 aliphatic carbocycles. The minimum absolute atomic E-state index is 0.0680. The van der Waals surface area contributed by atoms with E-state index in [1.807, 2.05) is 6.92 Å². The maximum Gasteiger partial charge on any atom is 0.404 e. The Morgan fingerprint density at radius 1 is 1.00 bits per heavy atom. The number of carbonyl (C=O) groups is 6. The molecule has 4 atom stereocenters. The molecule has 0 aromatic rings. The number of urea groups is 1. The molecule has 0 aromatic heterocycles. The van der Waals surface area contributed by atoms with E-state index in [-0.39, 0.29) is 25.3 Å². The number of amides is 6. The number of rotatable bonds is 10. The van der Waals surface area contributed by atoms with E-state index in [0.29, 0.717) is 12.8 Å². The van der Waals surface area contributed by atoms with Gasteiger partial charge in [-0.1, -0.05) is 39.0 Å². The normalized spacial score (nSPS) is 24.8. The van der Waals surface area contributed by atoms with Crippen molar-refractivity contribution in [3.63, 3.8) is 0 Å². The zero-order chi connectivity index (χ0) is 26.6. The number of nitrogens with zero attached hydrogens (tertiary/aromatic N) is 1. The van der Waals surface area contributed by atoms with Crippen LogP contribution < -0.4 is 27.8 Å². The summed E-state index contributed by atoms with van der Waals surface area (Å²) in [7, 11) is 0. The molecule has 0 radical (unpaired) electrons. The highest BCUT2D eigenvalue weighted by molar-refractivity contribution is 6.37. The van der Waals surface area contributed by atoms with Crippen molar-refractivity contribution in [2.75, 3.05) is 6.54 Å². The highest BCUT2D eigenvalue weighted by atomic mass is 16.6. The second-order valence-corrected chi connectivity index (χ2v) is 10.4. The molecule has 1 unspecified atom stereocenters. The van der Waals surface area contributed by atoms with Crippen LogP contribution in [0.3, 0.4) is 0 Å². The van der Waals surface area contributed by atoms with Gasteiger partial charge in [0.15, 0.2) is 0 Å². The Hall–Kier alpha value is -3.38. The van der Waals surface area contributed by atoms with E-state index in [0.717, 1.165) is 32.1 Å². The van der Waals surface area contributed by atoms with Crippen molar-refractivity contribution in [1.82, 2.24) is 15.5 Å². The molecular weight excluding hydrogens is 472 g/mol. The van der Waals surface area contributed by atoms with E-state index in [4.69, 9.17) is 21.9 Å². The number of ether oxygens (including phenoxy) is 1. The smallest absolute Gasteiger partial charge is 0.404 e. The first-order valence-electron chi connectivity index (χ1n) is 12.4. The van der Waals surface area contributed by atoms with Crippen LogP contribution >= 0.6 is 0 Å². The first-order valence-corrected chi connectivity index (χ1v) is 12.4. The predicted molar refractivity (Wildman–Crippen MR) is 126 cm³/mol. The van der Waals surface area contributed by atoms with Crippen LogP contribution in [0.4, 0.5) is 9.59 Å². The van der Waals surface area contributed by atoms with Crippen molar-refractivity contribution >= 4 is 35.6 Å². The third-order valence-corrected chi connectivity index (χ3v) is 7.50. The summed E-state index contributed by atoms with van der Waals surface area (Å²) in [6.07, 6.45) is 4.11. The van der Waals surface area contributed by atoms with E-state index in [1.54, 1.807) is 0 Å². The molecule has 1 aliphatic heterocycles. The number of hydrogen-bond donors (Lipinski definition) is 5. The van der Waals surface area contributed by atoms with E-state index >= 15 is 0 Å². The van der Waals surface area contributed by atoms with E-state index in [9.17, 15) is 28.8 Å². The summed E-state index contributed by atoms with van der Waals surface area (Å²) in [5, 5.41) is 5.13. The van der Waals surface area contributed by atoms with E-state index in [1.165, 1.54) is 4.90 Å². The average Bonchev–Trinajstić information content (AvgIpc) is 3.52. The second-order valence-electron chi connectivity index (χ2n) is 10.4. The standard InChI is InChI=1S/C23H36N6O7/c1-23(7-3-2-4-8-23)17(28-21(25)34)20(33)29-11-13(36-22(26)35)10-15(29)19(32)27-14(9-12-5-6-12)16(30)18(24)31/h12-15,17H,2-11H2,1H3,(H2,24,31)(H2,26,35)(H,27,32)(H3,25,28,34)/t13-,14?,15+,17-/m1/s1. The van der Waals surface area contributed by atoms with Gasteiger partial charge in [0.25, 0.3) is 5.91 Å². The van der Waals surface area contributed by atoms with Crippen LogP contribution in [0, 0.1) is 11.3 Å². The van der Waals surface area contributed by atoms with Crippen LogP contribution in [0.25, 0.3) is 0 Å². The van der Waals surface area contributed by atoms with E-state index in [2.05, 4.69) is 10.6 Å². The van der Waals surface area contributed by atoms with Gasteiger partial charge in [-0.2, -0.15) is 0 Å². The number of nitrogens with two attached hydrogens (primary N) is 3. The molecule has 200 valence electrons. The number of primary amides is 3. The van der Waals surface area contributed by atoms with Crippen LogP contribution in [0.5, 0.6) is 0 Å². The first kappa shape index (κ1) is 27.2. The van der Waals surface area contributed by atoms with Crippen molar-refractivity contribution in [3.05, 3.63) is 0 Å². The highest BCUT2D eigenvalue weighted by Gasteiger charge is 2.49. The molecule has 0 aromatic carbocycles. The second kappa shape index (κ2) is 11.1. The molecule has 3 aliphatic rings. The molecule has 1 saturated heterocycles. The fourth-order valence-electron chi connectivity index (χ4n) is 5.39. The SMILES string of the molecule is CC1([C@H](NC(N)=O)C(=O)N2C[C@H](OC(N)=O)C[C@H]2C(=O)NC(CC2CC2)C(=O)C(N)=O)CCCCC1. The monoisotopic (exact) mass is 508 g/mol. The van der Waals surface area contributed by atoms with Crippen LogP contribution in [-0.2, 0) is 23.9 Å². The Morgan fingerprint density at radius 3 is 2.17 bits per heavy atom. The Kier molecular flexibility index (Phi) is 8.41. The summed E-state index contributed by atoms with van der Waals surface area (Å²) in [5.74, 6) is -3.12. The lowest BCUT2D eigenvalue weighted by Gasteiger charge is -2.42. The zero-order valence-electron chi connectivity index (χ0n) is 20.5. The molecule has 2 saturated carbocycles. The van der Waals surface area contributed by atoms with Gasteiger partial charge in [0.1, 0.15) is 18.2 Å². The molecular formula is C23H36N6O7. The number of carbonyl (C=O) groups excluding carboxylic acids is 6. The fraction of sp³-hybridized carbons (Fsp3) is 0.739. The molecule has 6 amide bonds. The molecule has 0 bridgehead atoms. The lowest BCUT2D eigenvalue weighted by atomic mass is 9.70.